The summed E-state index contributed by atoms with van der Waals surface area (Å²) < 4.78 is 6.91. The van der Waals surface area contributed by atoms with Crippen molar-refractivity contribution in [2.24, 2.45) is 0 Å². The van der Waals surface area contributed by atoms with Gasteiger partial charge in [-0.15, -0.1) is 0 Å². The first-order chi connectivity index (χ1) is 16.0. The molecule has 0 saturated carbocycles. The van der Waals surface area contributed by atoms with E-state index in [1.807, 2.05) is 36.4 Å². The molecule has 0 aliphatic carbocycles. The predicted molar refractivity (Wildman–Crippen MR) is 127 cm³/mol. The normalized spacial score (nSPS) is 11.9. The molecule has 2 aromatic carbocycles. The highest BCUT2D eigenvalue weighted by Gasteiger charge is 2.19. The van der Waals surface area contributed by atoms with Crippen LogP contribution in [0.3, 0.4) is 0 Å². The van der Waals surface area contributed by atoms with Gasteiger partial charge >= 0.3 is 0 Å². The summed E-state index contributed by atoms with van der Waals surface area (Å²) in [6.07, 6.45) is 1.97. The second-order valence-corrected chi connectivity index (χ2v) is 8.53. The second kappa shape index (κ2) is 10.3. The molecule has 0 fully saturated rings. The maximum atomic E-state index is 13.1. The van der Waals surface area contributed by atoms with Gasteiger partial charge in [-0.3, -0.25) is 19.0 Å². The van der Waals surface area contributed by atoms with Crippen molar-refractivity contribution in [3.63, 3.8) is 0 Å². The summed E-state index contributed by atoms with van der Waals surface area (Å²) in [6, 6.07) is 19.6. The summed E-state index contributed by atoms with van der Waals surface area (Å²) >= 11 is 1.15. The van der Waals surface area contributed by atoms with E-state index in [1.165, 1.54) is 11.5 Å². The summed E-state index contributed by atoms with van der Waals surface area (Å²) in [4.78, 5) is 42.5. The molecule has 0 bridgehead atoms. The molecule has 4 rings (SSSR count). The maximum Gasteiger partial charge on any atom is 0.262 e. The lowest BCUT2D eigenvalue weighted by Crippen LogP contribution is -2.42. The number of thioether (sulfide) groups is 1. The minimum atomic E-state index is -0.615. The first-order valence-electron chi connectivity index (χ1n) is 10.5. The third kappa shape index (κ3) is 5.59. The van der Waals surface area contributed by atoms with Crippen molar-refractivity contribution in [1.29, 1.82) is 0 Å². The van der Waals surface area contributed by atoms with Crippen LogP contribution in [0, 0.1) is 0 Å². The van der Waals surface area contributed by atoms with Crippen LogP contribution in [0.1, 0.15) is 18.2 Å². The minimum Gasteiger partial charge on any atom is -0.467 e. The summed E-state index contributed by atoms with van der Waals surface area (Å²) in [6.45, 7) is 1.67. The third-order valence-corrected chi connectivity index (χ3v) is 6.14. The highest BCUT2D eigenvalue weighted by molar-refractivity contribution is 7.99. The number of nitrogens with one attached hydrogen (secondary N) is 1. The van der Waals surface area contributed by atoms with Crippen molar-refractivity contribution in [1.82, 2.24) is 14.9 Å². The van der Waals surface area contributed by atoms with E-state index in [1.54, 1.807) is 36.6 Å². The summed E-state index contributed by atoms with van der Waals surface area (Å²) in [7, 11) is 0. The Morgan fingerprint density at radius 1 is 1.06 bits per heavy atom. The lowest BCUT2D eigenvalue weighted by Gasteiger charge is -2.16. The lowest BCUT2D eigenvalue weighted by atomic mass is 10.0. The van der Waals surface area contributed by atoms with Gasteiger partial charge in [-0.05, 0) is 43.2 Å². The molecule has 168 valence electrons. The SMILES string of the molecule is CC(=O)C(Cc1ccccc1)NC(=O)CSc1nc2ccccc2c(=O)n1Cc1ccco1. The Morgan fingerprint density at radius 3 is 2.55 bits per heavy atom. The molecule has 0 spiro atoms. The van der Waals surface area contributed by atoms with Gasteiger partial charge in [-0.1, -0.05) is 54.2 Å². The quantitative estimate of drug-likeness (QED) is 0.303. The van der Waals surface area contributed by atoms with E-state index < -0.39 is 6.04 Å². The van der Waals surface area contributed by atoms with Gasteiger partial charge in [0.2, 0.25) is 5.91 Å². The van der Waals surface area contributed by atoms with E-state index in [4.69, 9.17) is 4.42 Å². The van der Waals surface area contributed by atoms with E-state index in [0.717, 1.165) is 17.3 Å². The molecule has 1 atom stereocenters. The molecule has 1 unspecified atom stereocenters. The zero-order valence-corrected chi connectivity index (χ0v) is 18.9. The van der Waals surface area contributed by atoms with Gasteiger partial charge in [-0.25, -0.2) is 4.98 Å². The number of fused-ring (bicyclic) bond motifs is 1. The van der Waals surface area contributed by atoms with Crippen LogP contribution in [-0.4, -0.2) is 33.0 Å². The molecule has 8 heteroatoms. The lowest BCUT2D eigenvalue weighted by molar-refractivity contribution is -0.125. The van der Waals surface area contributed by atoms with Gasteiger partial charge in [0, 0.05) is 0 Å². The molecular formula is C25H23N3O4S. The van der Waals surface area contributed by atoms with Crippen LogP contribution in [0.2, 0.25) is 0 Å². The van der Waals surface area contributed by atoms with Crippen molar-refractivity contribution in [3.05, 3.63) is 94.7 Å². The van der Waals surface area contributed by atoms with E-state index >= 15 is 0 Å². The zero-order valence-electron chi connectivity index (χ0n) is 18.1. The Balaban J connectivity index is 1.52. The number of hydrogen-bond acceptors (Lipinski definition) is 6. The number of hydrogen-bond donors (Lipinski definition) is 1. The van der Waals surface area contributed by atoms with E-state index in [0.29, 0.717) is 28.2 Å². The van der Waals surface area contributed by atoms with Crippen LogP contribution in [0.5, 0.6) is 0 Å². The fourth-order valence-electron chi connectivity index (χ4n) is 3.47. The Hall–Kier alpha value is -3.65. The molecule has 7 nitrogen and oxygen atoms in total. The molecule has 0 radical (unpaired) electrons. The van der Waals surface area contributed by atoms with Crippen molar-refractivity contribution in [2.75, 3.05) is 5.75 Å². The number of Topliss-reactive ketones (excluding diaryl/α,β-unsaturated/α-hetero) is 1. The van der Waals surface area contributed by atoms with Crippen molar-refractivity contribution >= 4 is 34.4 Å². The summed E-state index contributed by atoms with van der Waals surface area (Å²) in [5, 5.41) is 3.72. The molecule has 1 amide bonds. The molecular weight excluding hydrogens is 438 g/mol. The van der Waals surface area contributed by atoms with Gasteiger partial charge in [-0.2, -0.15) is 0 Å². The second-order valence-electron chi connectivity index (χ2n) is 7.59. The number of aromatic nitrogens is 2. The molecule has 0 aliphatic rings. The average molecular weight is 462 g/mol. The number of amides is 1. The van der Waals surface area contributed by atoms with Crippen LogP contribution in [-0.2, 0) is 22.6 Å². The van der Waals surface area contributed by atoms with Crippen molar-refractivity contribution in [2.45, 2.75) is 31.1 Å². The Kier molecular flexibility index (Phi) is 7.04. The smallest absolute Gasteiger partial charge is 0.262 e. The Bertz CT molecular complexity index is 1320. The first kappa shape index (κ1) is 22.5. The standard InChI is InChI=1S/C25H23N3O4S/c1-17(29)22(14-18-8-3-2-4-9-18)26-23(30)16-33-25-27-21-12-6-5-11-20(21)24(31)28(25)15-19-10-7-13-32-19/h2-13,22H,14-16H2,1H3,(H,26,30). The molecule has 4 aromatic rings. The molecule has 33 heavy (non-hydrogen) atoms. The van der Waals surface area contributed by atoms with Crippen LogP contribution >= 0.6 is 11.8 Å². The van der Waals surface area contributed by atoms with Gasteiger partial charge in [0.1, 0.15) is 5.76 Å². The summed E-state index contributed by atoms with van der Waals surface area (Å²) in [5.41, 5.74) is 1.33. The van der Waals surface area contributed by atoms with Crippen LogP contribution in [0.25, 0.3) is 10.9 Å². The van der Waals surface area contributed by atoms with Gasteiger partial charge < -0.3 is 9.73 Å². The largest absolute Gasteiger partial charge is 0.467 e. The predicted octanol–water partition coefficient (Wildman–Crippen LogP) is 3.45. The van der Waals surface area contributed by atoms with E-state index in [-0.39, 0.29) is 29.5 Å². The number of para-hydroxylation sites is 1. The van der Waals surface area contributed by atoms with Crippen molar-refractivity contribution < 1.29 is 14.0 Å². The van der Waals surface area contributed by atoms with E-state index in [2.05, 4.69) is 10.3 Å². The number of furan rings is 1. The highest BCUT2D eigenvalue weighted by Crippen LogP contribution is 2.19. The maximum absolute atomic E-state index is 13.1. The number of carbonyl (C=O) groups is 2. The zero-order chi connectivity index (χ0) is 23.2. The number of rotatable bonds is 9. The number of benzene rings is 2. The summed E-state index contributed by atoms with van der Waals surface area (Å²) in [5.74, 6) is 0.209. The fourth-order valence-corrected chi connectivity index (χ4v) is 4.28. The monoisotopic (exact) mass is 461 g/mol. The van der Waals surface area contributed by atoms with Crippen molar-refractivity contribution in [3.8, 4) is 0 Å². The molecule has 2 heterocycles. The van der Waals surface area contributed by atoms with Gasteiger partial charge in [0.05, 0.1) is 35.5 Å². The highest BCUT2D eigenvalue weighted by atomic mass is 32.2. The number of ketones is 1. The Morgan fingerprint density at radius 2 is 1.82 bits per heavy atom. The molecule has 2 aromatic heterocycles. The number of carbonyl (C=O) groups excluding carboxylic acids is 2. The first-order valence-corrected chi connectivity index (χ1v) is 11.5. The van der Waals surface area contributed by atoms with Crippen LogP contribution in [0.4, 0.5) is 0 Å². The average Bonchev–Trinajstić information content (AvgIpc) is 3.33. The molecule has 0 saturated heterocycles. The minimum absolute atomic E-state index is 0.0154. The Labute approximate surface area is 194 Å². The fraction of sp³-hybridized carbons (Fsp3) is 0.200. The van der Waals surface area contributed by atoms with Crippen LogP contribution < -0.4 is 10.9 Å². The van der Waals surface area contributed by atoms with Gasteiger partial charge in [0.15, 0.2) is 10.9 Å². The number of nitrogens with zero attached hydrogens (tertiary/aromatic N) is 2. The molecule has 1 N–H and O–H groups in total. The van der Waals surface area contributed by atoms with Gasteiger partial charge in [0.25, 0.3) is 5.56 Å². The van der Waals surface area contributed by atoms with Crippen LogP contribution in [0.15, 0.2) is 87.4 Å². The topological polar surface area (TPSA) is 94.2 Å². The molecule has 0 aliphatic heterocycles. The van der Waals surface area contributed by atoms with E-state index in [9.17, 15) is 14.4 Å². The third-order valence-electron chi connectivity index (χ3n) is 5.16.